The summed E-state index contributed by atoms with van der Waals surface area (Å²) < 4.78 is 0. The lowest BCUT2D eigenvalue weighted by molar-refractivity contribution is -0.118. The number of aromatic nitrogens is 2. The predicted octanol–water partition coefficient (Wildman–Crippen LogP) is 3.06. The zero-order valence-corrected chi connectivity index (χ0v) is 11.2. The van der Waals surface area contributed by atoms with E-state index in [1.54, 1.807) is 6.20 Å². The molecule has 4 nitrogen and oxygen atoms in total. The summed E-state index contributed by atoms with van der Waals surface area (Å²) in [5, 5.41) is 9.91. The molecule has 2 atom stereocenters. The van der Waals surface area contributed by atoms with E-state index >= 15 is 0 Å². The molecule has 0 aliphatic heterocycles. The first-order chi connectivity index (χ1) is 9.83. The number of H-pyrrole nitrogens is 1. The fraction of sp³-hybridized carbons (Fsp3) is 0.375. The smallest absolute Gasteiger partial charge is 0.228 e. The van der Waals surface area contributed by atoms with E-state index in [0.29, 0.717) is 11.8 Å². The van der Waals surface area contributed by atoms with Gasteiger partial charge >= 0.3 is 0 Å². The van der Waals surface area contributed by atoms with Crippen LogP contribution in [-0.4, -0.2) is 16.1 Å². The third-order valence-corrected chi connectivity index (χ3v) is 4.67. The Morgan fingerprint density at radius 2 is 1.90 bits per heavy atom. The van der Waals surface area contributed by atoms with Gasteiger partial charge in [-0.3, -0.25) is 9.89 Å². The lowest BCUT2D eigenvalue weighted by Crippen LogP contribution is -2.16. The highest BCUT2D eigenvalue weighted by Gasteiger charge is 2.56. The van der Waals surface area contributed by atoms with Crippen molar-refractivity contribution in [2.45, 2.75) is 19.3 Å². The molecule has 4 rings (SSSR count). The molecule has 0 saturated heterocycles. The van der Waals surface area contributed by atoms with Gasteiger partial charge in [0.15, 0.2) is 0 Å². The van der Waals surface area contributed by atoms with Crippen LogP contribution in [0.2, 0.25) is 0 Å². The van der Waals surface area contributed by atoms with Gasteiger partial charge in [-0.25, -0.2) is 0 Å². The van der Waals surface area contributed by atoms with Gasteiger partial charge in [-0.15, -0.1) is 0 Å². The second-order valence-corrected chi connectivity index (χ2v) is 5.82. The van der Waals surface area contributed by atoms with Crippen LogP contribution in [0.3, 0.4) is 0 Å². The second-order valence-electron chi connectivity index (χ2n) is 5.82. The average molecular weight is 267 g/mol. The first-order valence-corrected chi connectivity index (χ1v) is 7.23. The van der Waals surface area contributed by atoms with Crippen LogP contribution < -0.4 is 5.32 Å². The van der Waals surface area contributed by atoms with E-state index in [9.17, 15) is 4.79 Å². The molecule has 102 valence electrons. The minimum absolute atomic E-state index is 0.203. The number of nitrogens with one attached hydrogen (secondary N) is 2. The average Bonchev–Trinajstić information content (AvgIpc) is 2.92. The van der Waals surface area contributed by atoms with E-state index in [0.717, 1.165) is 16.9 Å². The Balaban J connectivity index is 1.43. The van der Waals surface area contributed by atoms with Gasteiger partial charge in [-0.05, 0) is 48.4 Å². The number of carbonyl (C=O) groups is 1. The minimum atomic E-state index is 0.203. The van der Waals surface area contributed by atoms with E-state index in [-0.39, 0.29) is 11.8 Å². The van der Waals surface area contributed by atoms with Crippen molar-refractivity contribution >= 4 is 11.6 Å². The molecule has 1 heterocycles. The maximum Gasteiger partial charge on any atom is 0.228 e. The lowest BCUT2D eigenvalue weighted by Gasteiger charge is -2.07. The maximum atomic E-state index is 12.2. The quantitative estimate of drug-likeness (QED) is 0.898. The zero-order chi connectivity index (χ0) is 13.5. The van der Waals surface area contributed by atoms with Crippen molar-refractivity contribution in [3.05, 3.63) is 36.5 Å². The van der Waals surface area contributed by atoms with Gasteiger partial charge in [-0.1, -0.05) is 18.6 Å². The van der Waals surface area contributed by atoms with E-state index < -0.39 is 0 Å². The van der Waals surface area contributed by atoms with Crippen molar-refractivity contribution in [3.8, 4) is 11.3 Å². The third kappa shape index (κ3) is 1.92. The molecule has 4 heteroatoms. The first kappa shape index (κ1) is 11.7. The SMILES string of the molecule is O=C(Nc1ccc(-c2ccn[nH]2)cc1)C1C2CCCC21. The van der Waals surface area contributed by atoms with Crippen LogP contribution in [0.5, 0.6) is 0 Å². The fourth-order valence-electron chi connectivity index (χ4n) is 3.59. The molecular formula is C16H17N3O. The Bertz CT molecular complexity index is 608. The molecule has 2 saturated carbocycles. The van der Waals surface area contributed by atoms with Crippen LogP contribution in [0, 0.1) is 17.8 Å². The van der Waals surface area contributed by atoms with Crippen LogP contribution >= 0.6 is 0 Å². The predicted molar refractivity (Wildman–Crippen MR) is 77.0 cm³/mol. The Hall–Kier alpha value is -2.10. The molecular weight excluding hydrogens is 250 g/mol. The molecule has 2 N–H and O–H groups in total. The molecule has 1 aromatic carbocycles. The monoisotopic (exact) mass is 267 g/mol. The van der Waals surface area contributed by atoms with Gasteiger partial charge in [0.2, 0.25) is 5.91 Å². The number of hydrogen-bond donors (Lipinski definition) is 2. The van der Waals surface area contributed by atoms with Crippen molar-refractivity contribution in [1.82, 2.24) is 10.2 Å². The Morgan fingerprint density at radius 1 is 1.15 bits per heavy atom. The van der Waals surface area contributed by atoms with E-state index in [1.165, 1.54) is 19.3 Å². The number of anilines is 1. The summed E-state index contributed by atoms with van der Waals surface area (Å²) in [6.07, 6.45) is 5.51. The molecule has 1 aromatic heterocycles. The van der Waals surface area contributed by atoms with Crippen molar-refractivity contribution in [3.63, 3.8) is 0 Å². The van der Waals surface area contributed by atoms with Gasteiger partial charge in [-0.2, -0.15) is 5.10 Å². The summed E-state index contributed by atoms with van der Waals surface area (Å²) in [7, 11) is 0. The number of nitrogens with zero attached hydrogens (tertiary/aromatic N) is 1. The zero-order valence-electron chi connectivity index (χ0n) is 11.2. The Morgan fingerprint density at radius 3 is 2.55 bits per heavy atom. The van der Waals surface area contributed by atoms with Gasteiger partial charge in [0, 0.05) is 17.8 Å². The van der Waals surface area contributed by atoms with Crippen LogP contribution in [0.4, 0.5) is 5.69 Å². The number of aromatic amines is 1. The highest BCUT2D eigenvalue weighted by atomic mass is 16.2. The molecule has 0 radical (unpaired) electrons. The van der Waals surface area contributed by atoms with Crippen molar-refractivity contribution < 1.29 is 4.79 Å². The maximum absolute atomic E-state index is 12.2. The van der Waals surface area contributed by atoms with E-state index in [4.69, 9.17) is 0 Å². The topological polar surface area (TPSA) is 57.8 Å². The molecule has 2 unspecified atom stereocenters. The van der Waals surface area contributed by atoms with Gasteiger partial charge in [0.1, 0.15) is 0 Å². The van der Waals surface area contributed by atoms with Crippen molar-refractivity contribution in [2.24, 2.45) is 17.8 Å². The normalized spacial score (nSPS) is 27.1. The molecule has 0 spiro atoms. The van der Waals surface area contributed by atoms with Gasteiger partial charge in [0.25, 0.3) is 0 Å². The van der Waals surface area contributed by atoms with Gasteiger partial charge in [0.05, 0.1) is 5.69 Å². The summed E-state index contributed by atoms with van der Waals surface area (Å²) in [4.78, 5) is 12.2. The Kier molecular flexibility index (Phi) is 2.62. The number of benzene rings is 1. The van der Waals surface area contributed by atoms with Crippen LogP contribution in [-0.2, 0) is 4.79 Å². The molecule has 2 aromatic rings. The van der Waals surface area contributed by atoms with E-state index in [2.05, 4.69) is 15.5 Å². The van der Waals surface area contributed by atoms with Crippen molar-refractivity contribution in [1.29, 1.82) is 0 Å². The van der Waals surface area contributed by atoms with Gasteiger partial charge < -0.3 is 5.32 Å². The van der Waals surface area contributed by atoms with E-state index in [1.807, 2.05) is 30.3 Å². The summed E-state index contributed by atoms with van der Waals surface area (Å²) >= 11 is 0. The summed E-state index contributed by atoms with van der Waals surface area (Å²) in [5.41, 5.74) is 2.94. The standard InChI is InChI=1S/C16H17N3O/c20-16(15-12-2-1-3-13(12)15)18-11-6-4-10(5-7-11)14-8-9-17-19-14/h4-9,12-13,15H,1-3H2,(H,17,19)(H,18,20). The summed E-state index contributed by atoms with van der Waals surface area (Å²) in [6, 6.07) is 9.82. The fourth-order valence-corrected chi connectivity index (χ4v) is 3.59. The number of fused-ring (bicyclic) bond motifs is 1. The number of carbonyl (C=O) groups excluding carboxylic acids is 1. The largest absolute Gasteiger partial charge is 0.326 e. The summed E-state index contributed by atoms with van der Waals surface area (Å²) in [5.74, 6) is 1.81. The first-order valence-electron chi connectivity index (χ1n) is 7.23. The molecule has 1 amide bonds. The highest BCUT2D eigenvalue weighted by molar-refractivity contribution is 5.95. The molecule has 2 fully saturated rings. The van der Waals surface area contributed by atoms with Crippen molar-refractivity contribution in [2.75, 3.05) is 5.32 Å². The minimum Gasteiger partial charge on any atom is -0.326 e. The number of amides is 1. The molecule has 2 aliphatic rings. The molecule has 0 bridgehead atoms. The lowest BCUT2D eigenvalue weighted by atomic mass is 10.1. The highest BCUT2D eigenvalue weighted by Crippen LogP contribution is 2.57. The number of hydrogen-bond acceptors (Lipinski definition) is 2. The third-order valence-electron chi connectivity index (χ3n) is 4.67. The molecule has 20 heavy (non-hydrogen) atoms. The Labute approximate surface area is 117 Å². The van der Waals surface area contributed by atoms with Crippen LogP contribution in [0.25, 0.3) is 11.3 Å². The second kappa shape index (κ2) is 4.47. The number of rotatable bonds is 3. The molecule has 2 aliphatic carbocycles. The summed E-state index contributed by atoms with van der Waals surface area (Å²) in [6.45, 7) is 0. The van der Waals surface area contributed by atoms with Crippen LogP contribution in [0.1, 0.15) is 19.3 Å². The van der Waals surface area contributed by atoms with Crippen LogP contribution in [0.15, 0.2) is 36.5 Å².